The van der Waals surface area contributed by atoms with E-state index < -0.39 is 5.82 Å². The molecule has 0 saturated carbocycles. The molecule has 3 rings (SSSR count). The van der Waals surface area contributed by atoms with Crippen LogP contribution in [0.3, 0.4) is 0 Å². The third-order valence-corrected chi connectivity index (χ3v) is 4.71. The normalized spacial score (nSPS) is 22.1. The largest absolute Gasteiger partial charge is 0.356 e. The van der Waals surface area contributed by atoms with Crippen molar-refractivity contribution in [3.8, 4) is 0 Å². The third kappa shape index (κ3) is 4.27. The maximum absolute atomic E-state index is 12.9. The van der Waals surface area contributed by atoms with Crippen LogP contribution in [0.2, 0.25) is 0 Å². The van der Waals surface area contributed by atoms with Crippen molar-refractivity contribution in [3.05, 3.63) is 30.4 Å². The maximum Gasteiger partial charge on any atom is 0.225 e. The van der Waals surface area contributed by atoms with Gasteiger partial charge in [-0.25, -0.2) is 14.4 Å². The van der Waals surface area contributed by atoms with Crippen molar-refractivity contribution in [3.63, 3.8) is 0 Å². The number of aromatic nitrogens is 2. The smallest absolute Gasteiger partial charge is 0.225 e. The summed E-state index contributed by atoms with van der Waals surface area (Å²) in [7, 11) is 0. The van der Waals surface area contributed by atoms with Crippen molar-refractivity contribution in [1.82, 2.24) is 15.3 Å². The number of halogens is 1. The molecule has 0 unspecified atom stereocenters. The summed E-state index contributed by atoms with van der Waals surface area (Å²) in [6.07, 6.45) is 11.5. The Balaban J connectivity index is 1.41. The van der Waals surface area contributed by atoms with Gasteiger partial charge in [-0.3, -0.25) is 4.79 Å². The van der Waals surface area contributed by atoms with Crippen LogP contribution in [-0.2, 0) is 4.79 Å². The van der Waals surface area contributed by atoms with Crippen LogP contribution < -0.4 is 10.2 Å². The van der Waals surface area contributed by atoms with Gasteiger partial charge in [0.15, 0.2) is 5.82 Å². The average Bonchev–Trinajstić information content (AvgIpc) is 2.61. The molecule has 23 heavy (non-hydrogen) atoms. The zero-order valence-electron chi connectivity index (χ0n) is 13.2. The average molecular weight is 318 g/mol. The first-order valence-corrected chi connectivity index (χ1v) is 8.37. The second-order valence-corrected chi connectivity index (χ2v) is 6.36. The third-order valence-electron chi connectivity index (χ3n) is 4.71. The molecule has 1 N–H and O–H groups in total. The van der Waals surface area contributed by atoms with Gasteiger partial charge in [0, 0.05) is 25.6 Å². The number of piperidine rings is 1. The predicted octanol–water partition coefficient (Wildman–Crippen LogP) is 2.30. The van der Waals surface area contributed by atoms with Gasteiger partial charge in [0.25, 0.3) is 0 Å². The fourth-order valence-electron chi connectivity index (χ4n) is 3.23. The summed E-state index contributed by atoms with van der Waals surface area (Å²) in [5.74, 6) is 1.01. The van der Waals surface area contributed by atoms with Gasteiger partial charge in [-0.05, 0) is 38.0 Å². The molecular weight excluding hydrogens is 295 g/mol. The number of hydrogen-bond donors (Lipinski definition) is 1. The number of allylic oxidation sites excluding steroid dienone is 2. The number of carbonyl (C=O) groups is 1. The minimum absolute atomic E-state index is 0.146. The zero-order chi connectivity index (χ0) is 16.1. The monoisotopic (exact) mass is 318 g/mol. The number of nitrogens with zero attached hydrogens (tertiary/aromatic N) is 3. The van der Waals surface area contributed by atoms with Crippen LogP contribution in [0.4, 0.5) is 10.3 Å². The summed E-state index contributed by atoms with van der Waals surface area (Å²) in [5.41, 5.74) is 0. The van der Waals surface area contributed by atoms with Gasteiger partial charge in [-0.2, -0.15) is 0 Å². The summed E-state index contributed by atoms with van der Waals surface area (Å²) < 4.78 is 12.9. The standard InChI is InChI=1S/C17H23FN4O/c18-15-11-20-17(21-12-15)22-8-6-13(7-9-22)10-19-16(23)14-4-2-1-3-5-14/h1-2,11-14H,3-10H2,(H,19,23)/t14-/m1/s1. The highest BCUT2D eigenvalue weighted by molar-refractivity contribution is 5.78. The van der Waals surface area contributed by atoms with Gasteiger partial charge >= 0.3 is 0 Å². The molecule has 124 valence electrons. The molecule has 1 fully saturated rings. The zero-order valence-corrected chi connectivity index (χ0v) is 13.2. The summed E-state index contributed by atoms with van der Waals surface area (Å²) in [5, 5.41) is 3.11. The minimum atomic E-state index is -0.413. The van der Waals surface area contributed by atoms with Crippen molar-refractivity contribution >= 4 is 11.9 Å². The predicted molar refractivity (Wildman–Crippen MR) is 86.4 cm³/mol. The van der Waals surface area contributed by atoms with E-state index in [2.05, 4.69) is 32.3 Å². The molecule has 1 aliphatic carbocycles. The van der Waals surface area contributed by atoms with Crippen LogP contribution in [-0.4, -0.2) is 35.5 Å². The molecule has 2 aliphatic rings. The Morgan fingerprint density at radius 1 is 1.22 bits per heavy atom. The molecule has 0 spiro atoms. The van der Waals surface area contributed by atoms with E-state index >= 15 is 0 Å². The highest BCUT2D eigenvalue weighted by Crippen LogP contribution is 2.21. The number of anilines is 1. The van der Waals surface area contributed by atoms with Gasteiger partial charge in [0.2, 0.25) is 11.9 Å². The molecule has 1 aromatic rings. The Kier molecular flexibility index (Phi) is 5.20. The second kappa shape index (κ2) is 7.53. The van der Waals surface area contributed by atoms with Crippen LogP contribution in [0.1, 0.15) is 32.1 Å². The molecule has 6 heteroatoms. The van der Waals surface area contributed by atoms with E-state index in [-0.39, 0.29) is 11.8 Å². The lowest BCUT2D eigenvalue weighted by Gasteiger charge is -2.32. The molecule has 2 heterocycles. The van der Waals surface area contributed by atoms with E-state index in [1.54, 1.807) is 0 Å². The Morgan fingerprint density at radius 3 is 2.61 bits per heavy atom. The van der Waals surface area contributed by atoms with Crippen LogP contribution in [0.25, 0.3) is 0 Å². The molecule has 1 saturated heterocycles. The van der Waals surface area contributed by atoms with Crippen molar-refractivity contribution in [2.75, 3.05) is 24.5 Å². The first-order chi connectivity index (χ1) is 11.2. The summed E-state index contributed by atoms with van der Waals surface area (Å²) >= 11 is 0. The van der Waals surface area contributed by atoms with Crippen LogP contribution in [0.5, 0.6) is 0 Å². The molecule has 1 aromatic heterocycles. The van der Waals surface area contributed by atoms with Crippen molar-refractivity contribution in [2.24, 2.45) is 11.8 Å². The van der Waals surface area contributed by atoms with Crippen molar-refractivity contribution < 1.29 is 9.18 Å². The first-order valence-electron chi connectivity index (χ1n) is 8.37. The quantitative estimate of drug-likeness (QED) is 0.866. The number of carbonyl (C=O) groups excluding carboxylic acids is 1. The first kappa shape index (κ1) is 15.9. The van der Waals surface area contributed by atoms with Crippen LogP contribution in [0.15, 0.2) is 24.5 Å². The lowest BCUT2D eigenvalue weighted by atomic mass is 9.92. The van der Waals surface area contributed by atoms with Crippen molar-refractivity contribution in [2.45, 2.75) is 32.1 Å². The molecule has 5 nitrogen and oxygen atoms in total. The molecular formula is C17H23FN4O. The number of rotatable bonds is 4. The van der Waals surface area contributed by atoms with E-state index in [1.165, 1.54) is 12.4 Å². The van der Waals surface area contributed by atoms with Crippen LogP contribution in [0, 0.1) is 17.7 Å². The van der Waals surface area contributed by atoms with E-state index in [4.69, 9.17) is 0 Å². The minimum Gasteiger partial charge on any atom is -0.356 e. The Morgan fingerprint density at radius 2 is 1.96 bits per heavy atom. The highest BCUT2D eigenvalue weighted by atomic mass is 19.1. The van der Waals surface area contributed by atoms with Crippen LogP contribution >= 0.6 is 0 Å². The molecule has 1 atom stereocenters. The summed E-state index contributed by atoms with van der Waals surface area (Å²) in [4.78, 5) is 22.3. The fourth-order valence-corrected chi connectivity index (χ4v) is 3.23. The lowest BCUT2D eigenvalue weighted by molar-refractivity contribution is -0.125. The summed E-state index contributed by atoms with van der Waals surface area (Å²) in [6, 6.07) is 0. The Hall–Kier alpha value is -1.98. The van der Waals surface area contributed by atoms with E-state index in [0.29, 0.717) is 11.9 Å². The van der Waals surface area contributed by atoms with Gasteiger partial charge in [0.05, 0.1) is 12.4 Å². The number of hydrogen-bond acceptors (Lipinski definition) is 4. The fraction of sp³-hybridized carbons (Fsp3) is 0.588. The van der Waals surface area contributed by atoms with Crippen molar-refractivity contribution in [1.29, 1.82) is 0 Å². The Labute approximate surface area is 136 Å². The van der Waals surface area contributed by atoms with E-state index in [0.717, 1.165) is 51.7 Å². The SMILES string of the molecule is O=C(NCC1CCN(c2ncc(F)cn2)CC1)[C@@H]1CC=CCC1. The Bertz CT molecular complexity index is 552. The molecule has 1 aliphatic heterocycles. The highest BCUT2D eigenvalue weighted by Gasteiger charge is 2.23. The molecule has 0 bridgehead atoms. The lowest BCUT2D eigenvalue weighted by Crippen LogP contribution is -2.40. The van der Waals surface area contributed by atoms with Gasteiger partial charge in [0.1, 0.15) is 0 Å². The second-order valence-electron chi connectivity index (χ2n) is 6.36. The molecule has 1 amide bonds. The maximum atomic E-state index is 12.9. The number of nitrogens with one attached hydrogen (secondary N) is 1. The molecule has 0 radical (unpaired) electrons. The van der Waals surface area contributed by atoms with Gasteiger partial charge < -0.3 is 10.2 Å². The van der Waals surface area contributed by atoms with Gasteiger partial charge in [-0.1, -0.05) is 12.2 Å². The van der Waals surface area contributed by atoms with E-state index in [1.807, 2.05) is 0 Å². The number of amides is 1. The topological polar surface area (TPSA) is 58.1 Å². The summed E-state index contributed by atoms with van der Waals surface area (Å²) in [6.45, 7) is 2.44. The van der Waals surface area contributed by atoms with Gasteiger partial charge in [-0.15, -0.1) is 0 Å². The molecule has 0 aromatic carbocycles. The van der Waals surface area contributed by atoms with E-state index in [9.17, 15) is 9.18 Å².